The zero-order chi connectivity index (χ0) is 17.8. The minimum absolute atomic E-state index is 0.0808. The van der Waals surface area contributed by atoms with Crippen LogP contribution in [0.2, 0.25) is 0 Å². The smallest absolute Gasteiger partial charge is 0.266 e. The van der Waals surface area contributed by atoms with Crippen molar-refractivity contribution in [3.05, 3.63) is 82.9 Å². The van der Waals surface area contributed by atoms with Gasteiger partial charge < -0.3 is 5.32 Å². The highest BCUT2D eigenvalue weighted by Crippen LogP contribution is 2.22. The summed E-state index contributed by atoms with van der Waals surface area (Å²) in [5, 5.41) is 14.4. The topological polar surface area (TPSA) is 52.9 Å². The van der Waals surface area contributed by atoms with E-state index in [-0.39, 0.29) is 5.57 Å². The Labute approximate surface area is 147 Å². The van der Waals surface area contributed by atoms with Gasteiger partial charge in [0.15, 0.2) is 0 Å². The molecule has 0 saturated carbocycles. The summed E-state index contributed by atoms with van der Waals surface area (Å²) < 4.78 is 0. The van der Waals surface area contributed by atoms with E-state index >= 15 is 0 Å². The maximum absolute atomic E-state index is 12.5. The number of amides is 1. The lowest BCUT2D eigenvalue weighted by atomic mass is 10.0. The van der Waals surface area contributed by atoms with Gasteiger partial charge in [-0.3, -0.25) is 4.79 Å². The van der Waals surface area contributed by atoms with E-state index in [4.69, 9.17) is 0 Å². The second-order valence-electron chi connectivity index (χ2n) is 5.94. The van der Waals surface area contributed by atoms with Crippen molar-refractivity contribution in [3.63, 3.8) is 0 Å². The highest BCUT2D eigenvalue weighted by molar-refractivity contribution is 6.11. The van der Waals surface area contributed by atoms with Crippen LogP contribution in [0.5, 0.6) is 0 Å². The van der Waals surface area contributed by atoms with Crippen molar-refractivity contribution in [3.8, 4) is 6.07 Å². The number of nitrogens with one attached hydrogen (secondary N) is 1. The normalized spacial score (nSPS) is 11.2. The summed E-state index contributed by atoms with van der Waals surface area (Å²) in [6, 6.07) is 21.5. The standard InChI is InChI=1S/C22H18N2O/c1-15-7-5-12-21(16(15)2)24-22(25)19(14-23)13-18-10-6-9-17-8-3-4-11-20(17)18/h3-13H,1-2H3,(H,24,25)/b19-13+. The fraction of sp³-hybridized carbons (Fsp3) is 0.0909. The van der Waals surface area contributed by atoms with Crippen molar-refractivity contribution in [2.45, 2.75) is 13.8 Å². The molecule has 3 heteroatoms. The summed E-state index contributed by atoms with van der Waals surface area (Å²) in [4.78, 5) is 12.5. The summed E-state index contributed by atoms with van der Waals surface area (Å²) in [7, 11) is 0. The maximum Gasteiger partial charge on any atom is 0.266 e. The molecule has 3 aromatic carbocycles. The molecule has 1 amide bonds. The van der Waals surface area contributed by atoms with Crippen molar-refractivity contribution < 1.29 is 4.79 Å². The van der Waals surface area contributed by atoms with Crippen LogP contribution in [-0.4, -0.2) is 5.91 Å². The van der Waals surface area contributed by atoms with E-state index in [1.807, 2.05) is 80.6 Å². The van der Waals surface area contributed by atoms with Gasteiger partial charge in [0.1, 0.15) is 11.6 Å². The second-order valence-corrected chi connectivity index (χ2v) is 5.94. The first-order valence-corrected chi connectivity index (χ1v) is 8.07. The number of hydrogen-bond acceptors (Lipinski definition) is 2. The molecular weight excluding hydrogens is 308 g/mol. The minimum atomic E-state index is -0.399. The highest BCUT2D eigenvalue weighted by Gasteiger charge is 2.12. The summed E-state index contributed by atoms with van der Waals surface area (Å²) in [6.07, 6.45) is 1.64. The lowest BCUT2D eigenvalue weighted by molar-refractivity contribution is -0.112. The van der Waals surface area contributed by atoms with Gasteiger partial charge in [0, 0.05) is 5.69 Å². The Bertz CT molecular complexity index is 1020. The molecule has 3 rings (SSSR count). The average molecular weight is 326 g/mol. The van der Waals surface area contributed by atoms with Crippen molar-refractivity contribution >= 4 is 28.4 Å². The lowest BCUT2D eigenvalue weighted by Crippen LogP contribution is -2.14. The Morgan fingerprint density at radius 2 is 1.72 bits per heavy atom. The van der Waals surface area contributed by atoms with Gasteiger partial charge in [-0.1, -0.05) is 54.6 Å². The van der Waals surface area contributed by atoms with Crippen LogP contribution in [-0.2, 0) is 4.79 Å². The Balaban J connectivity index is 1.96. The number of anilines is 1. The van der Waals surface area contributed by atoms with Gasteiger partial charge in [-0.15, -0.1) is 0 Å². The Morgan fingerprint density at radius 1 is 1.00 bits per heavy atom. The summed E-state index contributed by atoms with van der Waals surface area (Å²) in [5.74, 6) is -0.399. The van der Waals surface area contributed by atoms with Crippen LogP contribution >= 0.6 is 0 Å². The third-order valence-electron chi connectivity index (χ3n) is 4.34. The molecule has 0 fully saturated rings. The highest BCUT2D eigenvalue weighted by atomic mass is 16.1. The van der Waals surface area contributed by atoms with Gasteiger partial charge >= 0.3 is 0 Å². The van der Waals surface area contributed by atoms with Crippen molar-refractivity contribution in [1.82, 2.24) is 0 Å². The van der Waals surface area contributed by atoms with Gasteiger partial charge in [0.2, 0.25) is 0 Å². The van der Waals surface area contributed by atoms with Crippen LogP contribution in [0.15, 0.2) is 66.2 Å². The molecule has 3 nitrogen and oxygen atoms in total. The Kier molecular flexibility index (Phi) is 4.63. The third-order valence-corrected chi connectivity index (χ3v) is 4.34. The number of rotatable bonds is 3. The van der Waals surface area contributed by atoms with E-state index < -0.39 is 5.91 Å². The molecule has 3 aromatic rings. The molecule has 0 heterocycles. The molecule has 0 spiro atoms. The fourth-order valence-corrected chi connectivity index (χ4v) is 2.76. The third kappa shape index (κ3) is 3.44. The Hall–Kier alpha value is -3.38. The van der Waals surface area contributed by atoms with Crippen LogP contribution in [0.1, 0.15) is 16.7 Å². The quantitative estimate of drug-likeness (QED) is 0.544. The first-order valence-electron chi connectivity index (χ1n) is 8.07. The SMILES string of the molecule is Cc1cccc(NC(=O)/C(C#N)=C/c2cccc3ccccc23)c1C. The van der Waals surface area contributed by atoms with E-state index in [1.54, 1.807) is 6.08 Å². The monoisotopic (exact) mass is 326 g/mol. The van der Waals surface area contributed by atoms with Gasteiger partial charge in [-0.05, 0) is 53.5 Å². The summed E-state index contributed by atoms with van der Waals surface area (Å²) in [6.45, 7) is 3.94. The number of nitrogens with zero attached hydrogens (tertiary/aromatic N) is 1. The number of carbonyl (C=O) groups is 1. The number of nitriles is 1. The summed E-state index contributed by atoms with van der Waals surface area (Å²) >= 11 is 0. The van der Waals surface area contributed by atoms with Crippen molar-refractivity contribution in [2.75, 3.05) is 5.32 Å². The first-order chi connectivity index (χ1) is 12.1. The number of benzene rings is 3. The molecule has 0 unspecified atom stereocenters. The van der Waals surface area contributed by atoms with E-state index in [0.717, 1.165) is 33.2 Å². The van der Waals surface area contributed by atoms with Crippen molar-refractivity contribution in [1.29, 1.82) is 5.26 Å². The van der Waals surface area contributed by atoms with Gasteiger partial charge in [-0.25, -0.2) is 0 Å². The molecule has 25 heavy (non-hydrogen) atoms. The maximum atomic E-state index is 12.5. The van der Waals surface area contributed by atoms with E-state index in [0.29, 0.717) is 0 Å². The molecular formula is C22H18N2O. The van der Waals surface area contributed by atoms with Crippen LogP contribution in [0.25, 0.3) is 16.8 Å². The predicted molar refractivity (Wildman–Crippen MR) is 102 cm³/mol. The number of aryl methyl sites for hydroxylation is 1. The summed E-state index contributed by atoms with van der Waals surface area (Å²) in [5.41, 5.74) is 3.75. The van der Waals surface area contributed by atoms with Crippen molar-refractivity contribution in [2.24, 2.45) is 0 Å². The van der Waals surface area contributed by atoms with Gasteiger partial charge in [0.05, 0.1) is 0 Å². The van der Waals surface area contributed by atoms with E-state index in [1.165, 1.54) is 0 Å². The molecule has 0 radical (unpaired) electrons. The number of hydrogen-bond donors (Lipinski definition) is 1. The lowest BCUT2D eigenvalue weighted by Gasteiger charge is -2.10. The number of carbonyl (C=O) groups excluding carboxylic acids is 1. The zero-order valence-electron chi connectivity index (χ0n) is 14.2. The van der Waals surface area contributed by atoms with Crippen LogP contribution in [0, 0.1) is 25.2 Å². The van der Waals surface area contributed by atoms with Gasteiger partial charge in [0.25, 0.3) is 5.91 Å². The van der Waals surface area contributed by atoms with E-state index in [9.17, 15) is 10.1 Å². The molecule has 0 aliphatic carbocycles. The van der Waals surface area contributed by atoms with Crippen LogP contribution in [0.3, 0.4) is 0 Å². The molecule has 1 N–H and O–H groups in total. The molecule has 0 aliphatic heterocycles. The average Bonchev–Trinajstić information content (AvgIpc) is 2.63. The minimum Gasteiger partial charge on any atom is -0.321 e. The predicted octanol–water partition coefficient (Wildman–Crippen LogP) is 5.00. The number of fused-ring (bicyclic) bond motifs is 1. The molecule has 0 atom stereocenters. The van der Waals surface area contributed by atoms with Crippen LogP contribution < -0.4 is 5.32 Å². The molecule has 0 bridgehead atoms. The Morgan fingerprint density at radius 3 is 2.52 bits per heavy atom. The molecule has 122 valence electrons. The zero-order valence-corrected chi connectivity index (χ0v) is 14.2. The fourth-order valence-electron chi connectivity index (χ4n) is 2.76. The molecule has 0 saturated heterocycles. The molecule has 0 aliphatic rings. The molecule has 0 aromatic heterocycles. The largest absolute Gasteiger partial charge is 0.321 e. The van der Waals surface area contributed by atoms with Crippen LogP contribution in [0.4, 0.5) is 5.69 Å². The second kappa shape index (κ2) is 7.02. The van der Waals surface area contributed by atoms with Gasteiger partial charge in [-0.2, -0.15) is 5.26 Å². The first kappa shape index (κ1) is 16.5. The van der Waals surface area contributed by atoms with E-state index in [2.05, 4.69) is 5.32 Å².